The summed E-state index contributed by atoms with van der Waals surface area (Å²) in [5.41, 5.74) is 2.61. The van der Waals surface area contributed by atoms with E-state index in [-0.39, 0.29) is 5.91 Å². The zero-order valence-electron chi connectivity index (χ0n) is 11.9. The second-order valence-electron chi connectivity index (χ2n) is 4.99. The normalized spacial score (nSPS) is 10.9. The second kappa shape index (κ2) is 6.88. The Kier molecular flexibility index (Phi) is 5.17. The van der Waals surface area contributed by atoms with Crippen LogP contribution in [0.4, 0.5) is 5.69 Å². The van der Waals surface area contributed by atoms with E-state index >= 15 is 0 Å². The van der Waals surface area contributed by atoms with Crippen molar-refractivity contribution in [3.63, 3.8) is 0 Å². The van der Waals surface area contributed by atoms with Gasteiger partial charge in [0.25, 0.3) is 0 Å². The number of hydrogen-bond acceptors (Lipinski definition) is 2. The van der Waals surface area contributed by atoms with E-state index in [1.165, 1.54) is 12.8 Å². The van der Waals surface area contributed by atoms with Crippen LogP contribution in [0.25, 0.3) is 5.65 Å². The maximum atomic E-state index is 11.9. The highest BCUT2D eigenvalue weighted by Crippen LogP contribution is 2.20. The average molecular weight is 338 g/mol. The summed E-state index contributed by atoms with van der Waals surface area (Å²) in [5.74, 6) is 0.0772. The fourth-order valence-corrected chi connectivity index (χ4v) is 2.52. The number of unbranched alkanes of at least 4 members (excludes halogenated alkanes) is 3. The molecule has 0 saturated heterocycles. The zero-order valence-corrected chi connectivity index (χ0v) is 13.5. The molecule has 4 nitrogen and oxygen atoms in total. The highest BCUT2D eigenvalue weighted by atomic mass is 79.9. The number of aromatic nitrogens is 2. The number of carbonyl (C=O) groups excluding carboxylic acids is 1. The molecule has 108 valence electrons. The first-order valence-corrected chi connectivity index (χ1v) is 7.85. The molecule has 0 unspecified atom stereocenters. The van der Waals surface area contributed by atoms with Crippen molar-refractivity contribution in [1.29, 1.82) is 0 Å². The molecule has 0 atom stereocenters. The average Bonchev–Trinajstić information content (AvgIpc) is 2.71. The van der Waals surface area contributed by atoms with E-state index in [0.717, 1.165) is 34.5 Å². The van der Waals surface area contributed by atoms with Gasteiger partial charge in [-0.05, 0) is 41.4 Å². The number of hydrogen-bond donors (Lipinski definition) is 1. The number of halogens is 1. The number of aryl methyl sites for hydroxylation is 1. The Bertz CT molecular complexity index is 606. The molecule has 20 heavy (non-hydrogen) atoms. The van der Waals surface area contributed by atoms with Gasteiger partial charge in [0.15, 0.2) is 0 Å². The third kappa shape index (κ3) is 3.60. The van der Waals surface area contributed by atoms with Crippen molar-refractivity contribution in [2.24, 2.45) is 0 Å². The van der Waals surface area contributed by atoms with Crippen LogP contribution >= 0.6 is 15.9 Å². The van der Waals surface area contributed by atoms with E-state index in [1.807, 2.05) is 29.7 Å². The molecule has 2 rings (SSSR count). The van der Waals surface area contributed by atoms with Crippen LogP contribution in [0.3, 0.4) is 0 Å². The number of nitrogens with one attached hydrogen (secondary N) is 1. The molecule has 2 heterocycles. The van der Waals surface area contributed by atoms with Crippen molar-refractivity contribution in [2.45, 2.75) is 46.0 Å². The minimum absolute atomic E-state index is 0.0772. The van der Waals surface area contributed by atoms with Gasteiger partial charge in [0, 0.05) is 12.6 Å². The topological polar surface area (TPSA) is 46.4 Å². The summed E-state index contributed by atoms with van der Waals surface area (Å²) in [6.45, 7) is 4.11. The first-order chi connectivity index (χ1) is 9.61. The number of pyridine rings is 1. The number of fused-ring (bicyclic) bond motifs is 1. The summed E-state index contributed by atoms with van der Waals surface area (Å²) in [6, 6.07) is 3.79. The standard InChI is InChI=1S/C15H20BrN3O/c1-3-4-5-6-7-14(20)18-12-8-9-13-17-11(2)15(16)19(13)10-12/h8-10H,3-7H2,1-2H3,(H,18,20). The Morgan fingerprint density at radius 2 is 2.15 bits per heavy atom. The van der Waals surface area contributed by atoms with Gasteiger partial charge in [-0.3, -0.25) is 9.20 Å². The van der Waals surface area contributed by atoms with Crippen LogP contribution in [-0.4, -0.2) is 15.3 Å². The molecule has 0 aliphatic heterocycles. The fraction of sp³-hybridized carbons (Fsp3) is 0.467. The first-order valence-electron chi connectivity index (χ1n) is 7.06. The predicted octanol–water partition coefficient (Wildman–Crippen LogP) is 4.31. The minimum atomic E-state index is 0.0772. The quantitative estimate of drug-likeness (QED) is 0.798. The van der Waals surface area contributed by atoms with Crippen LogP contribution in [0, 0.1) is 6.92 Å². The summed E-state index contributed by atoms with van der Waals surface area (Å²) < 4.78 is 2.86. The summed E-state index contributed by atoms with van der Waals surface area (Å²) >= 11 is 3.50. The predicted molar refractivity (Wildman–Crippen MR) is 85.0 cm³/mol. The molecule has 0 aromatic carbocycles. The Balaban J connectivity index is 1.99. The third-order valence-corrected chi connectivity index (χ3v) is 4.22. The lowest BCUT2D eigenvalue weighted by atomic mass is 10.1. The van der Waals surface area contributed by atoms with E-state index in [9.17, 15) is 4.79 Å². The zero-order chi connectivity index (χ0) is 14.5. The van der Waals surface area contributed by atoms with Crippen LogP contribution in [0.5, 0.6) is 0 Å². The summed E-state index contributed by atoms with van der Waals surface area (Å²) in [6.07, 6.45) is 6.93. The molecular formula is C15H20BrN3O. The van der Waals surface area contributed by atoms with Gasteiger partial charge in [-0.25, -0.2) is 4.98 Å². The highest BCUT2D eigenvalue weighted by molar-refractivity contribution is 9.10. The smallest absolute Gasteiger partial charge is 0.224 e. The molecule has 0 bridgehead atoms. The van der Waals surface area contributed by atoms with Crippen molar-refractivity contribution in [1.82, 2.24) is 9.38 Å². The lowest BCUT2D eigenvalue weighted by molar-refractivity contribution is -0.116. The molecule has 2 aromatic heterocycles. The van der Waals surface area contributed by atoms with Crippen LogP contribution in [0.2, 0.25) is 0 Å². The van der Waals surface area contributed by atoms with Gasteiger partial charge < -0.3 is 5.32 Å². The number of carbonyl (C=O) groups is 1. The van der Waals surface area contributed by atoms with E-state index in [1.54, 1.807) is 0 Å². The van der Waals surface area contributed by atoms with Gasteiger partial charge in [0.2, 0.25) is 5.91 Å². The van der Waals surface area contributed by atoms with Gasteiger partial charge in [0.1, 0.15) is 10.3 Å². The van der Waals surface area contributed by atoms with Gasteiger partial charge in [-0.2, -0.15) is 0 Å². The maximum Gasteiger partial charge on any atom is 0.224 e. The number of anilines is 1. The van der Waals surface area contributed by atoms with Crippen LogP contribution in [-0.2, 0) is 4.79 Å². The maximum absolute atomic E-state index is 11.9. The third-order valence-electron chi connectivity index (χ3n) is 3.26. The van der Waals surface area contributed by atoms with Crippen LogP contribution < -0.4 is 5.32 Å². The molecule has 2 aromatic rings. The van der Waals surface area contributed by atoms with Crippen molar-refractivity contribution in [3.8, 4) is 0 Å². The van der Waals surface area contributed by atoms with Gasteiger partial charge in [0.05, 0.1) is 11.4 Å². The molecule has 5 heteroatoms. The highest BCUT2D eigenvalue weighted by Gasteiger charge is 2.07. The van der Waals surface area contributed by atoms with Crippen molar-refractivity contribution >= 4 is 33.2 Å². The number of nitrogens with zero attached hydrogens (tertiary/aromatic N) is 2. The summed E-state index contributed by atoms with van der Waals surface area (Å²) in [4.78, 5) is 16.3. The monoisotopic (exact) mass is 337 g/mol. The lowest BCUT2D eigenvalue weighted by Crippen LogP contribution is -2.11. The Morgan fingerprint density at radius 1 is 1.35 bits per heavy atom. The molecule has 0 saturated carbocycles. The van der Waals surface area contributed by atoms with Crippen molar-refractivity contribution < 1.29 is 4.79 Å². The Morgan fingerprint density at radius 3 is 2.90 bits per heavy atom. The number of imidazole rings is 1. The minimum Gasteiger partial charge on any atom is -0.325 e. The van der Waals surface area contributed by atoms with Crippen molar-refractivity contribution in [3.05, 3.63) is 28.6 Å². The number of amides is 1. The van der Waals surface area contributed by atoms with Gasteiger partial charge in [-0.15, -0.1) is 0 Å². The van der Waals surface area contributed by atoms with Crippen LogP contribution in [0.15, 0.2) is 22.9 Å². The fourth-order valence-electron chi connectivity index (χ4n) is 2.14. The molecule has 0 aliphatic rings. The Hall–Kier alpha value is -1.36. The molecule has 0 spiro atoms. The summed E-state index contributed by atoms with van der Waals surface area (Å²) in [5, 5.41) is 2.94. The number of rotatable bonds is 6. The van der Waals surface area contributed by atoms with E-state index in [4.69, 9.17) is 0 Å². The Labute approximate surface area is 127 Å². The van der Waals surface area contributed by atoms with Crippen LogP contribution in [0.1, 0.15) is 44.7 Å². The molecular weight excluding hydrogens is 318 g/mol. The molecule has 0 radical (unpaired) electrons. The van der Waals surface area contributed by atoms with Crippen molar-refractivity contribution in [2.75, 3.05) is 5.32 Å². The SMILES string of the molecule is CCCCCCC(=O)Nc1ccc2nc(C)c(Br)n2c1. The lowest BCUT2D eigenvalue weighted by Gasteiger charge is -2.06. The van der Waals surface area contributed by atoms with E-state index in [2.05, 4.69) is 33.2 Å². The second-order valence-corrected chi connectivity index (χ2v) is 5.74. The van der Waals surface area contributed by atoms with Gasteiger partial charge >= 0.3 is 0 Å². The van der Waals surface area contributed by atoms with Gasteiger partial charge in [-0.1, -0.05) is 26.2 Å². The molecule has 0 aliphatic carbocycles. The largest absolute Gasteiger partial charge is 0.325 e. The molecule has 1 amide bonds. The molecule has 0 fully saturated rings. The molecule has 1 N–H and O–H groups in total. The first kappa shape index (κ1) is 15.0. The summed E-state index contributed by atoms with van der Waals surface area (Å²) in [7, 11) is 0. The van der Waals surface area contributed by atoms with E-state index < -0.39 is 0 Å². The van der Waals surface area contributed by atoms with E-state index in [0.29, 0.717) is 6.42 Å².